The zero-order chi connectivity index (χ0) is 14.1. The van der Waals surface area contributed by atoms with Crippen LogP contribution in [0.3, 0.4) is 0 Å². The fraction of sp³-hybridized carbons (Fsp3) is 0.625. The maximum atomic E-state index is 5.38. The van der Waals surface area contributed by atoms with Gasteiger partial charge in [-0.05, 0) is 26.5 Å². The number of ether oxygens (including phenoxy) is 1. The summed E-state index contributed by atoms with van der Waals surface area (Å²) in [5.41, 5.74) is 1.24. The van der Waals surface area contributed by atoms with Crippen molar-refractivity contribution in [3.63, 3.8) is 0 Å². The number of rotatable bonds is 9. The number of likely N-dealkylation sites (N-methyl/N-ethyl adjacent to an activating group) is 1. The predicted molar refractivity (Wildman–Crippen MR) is 81.7 cm³/mol. The Kier molecular flexibility index (Phi) is 7.53. The van der Waals surface area contributed by atoms with Crippen LogP contribution in [0.15, 0.2) is 24.3 Å². The Hall–Kier alpha value is -1.06. The third kappa shape index (κ3) is 6.08. The SMILES string of the molecule is CCCC(C)NCCN(C)Cc1ccccc1OC. The number of nitrogens with zero attached hydrogens (tertiary/aromatic N) is 1. The zero-order valence-corrected chi connectivity index (χ0v) is 12.8. The lowest BCUT2D eigenvalue weighted by atomic mass is 10.2. The molecule has 1 N–H and O–H groups in total. The van der Waals surface area contributed by atoms with E-state index in [0.717, 1.165) is 25.4 Å². The molecule has 3 nitrogen and oxygen atoms in total. The first-order valence-electron chi connectivity index (χ1n) is 7.21. The average molecular weight is 264 g/mol. The molecule has 0 spiro atoms. The lowest BCUT2D eigenvalue weighted by molar-refractivity contribution is 0.308. The number of para-hydroxylation sites is 1. The summed E-state index contributed by atoms with van der Waals surface area (Å²) in [6.45, 7) is 7.49. The largest absolute Gasteiger partial charge is 0.496 e. The highest BCUT2D eigenvalue weighted by molar-refractivity contribution is 5.32. The zero-order valence-electron chi connectivity index (χ0n) is 12.8. The summed E-state index contributed by atoms with van der Waals surface area (Å²) in [5, 5.41) is 3.56. The molecule has 0 amide bonds. The van der Waals surface area contributed by atoms with Crippen molar-refractivity contribution in [2.24, 2.45) is 0 Å². The van der Waals surface area contributed by atoms with Crippen LogP contribution in [0, 0.1) is 0 Å². The highest BCUT2D eigenvalue weighted by atomic mass is 16.5. The summed E-state index contributed by atoms with van der Waals surface area (Å²) < 4.78 is 5.38. The molecule has 0 fully saturated rings. The van der Waals surface area contributed by atoms with Crippen LogP contribution in [0.25, 0.3) is 0 Å². The summed E-state index contributed by atoms with van der Waals surface area (Å²) in [6, 6.07) is 8.83. The number of nitrogens with one attached hydrogen (secondary N) is 1. The second-order valence-electron chi connectivity index (χ2n) is 5.19. The Morgan fingerprint density at radius 3 is 2.74 bits per heavy atom. The van der Waals surface area contributed by atoms with E-state index >= 15 is 0 Å². The van der Waals surface area contributed by atoms with Crippen molar-refractivity contribution in [3.8, 4) is 5.75 Å². The Bertz CT molecular complexity index is 354. The molecule has 0 aliphatic heterocycles. The minimum Gasteiger partial charge on any atom is -0.496 e. The highest BCUT2D eigenvalue weighted by Gasteiger charge is 2.06. The van der Waals surface area contributed by atoms with Gasteiger partial charge < -0.3 is 15.0 Å². The average Bonchev–Trinajstić information content (AvgIpc) is 2.39. The first kappa shape index (κ1) is 16.0. The van der Waals surface area contributed by atoms with Gasteiger partial charge in [0.15, 0.2) is 0 Å². The fourth-order valence-electron chi connectivity index (χ4n) is 2.24. The molecular formula is C16H28N2O. The molecule has 1 rings (SSSR count). The van der Waals surface area contributed by atoms with Crippen LogP contribution in [-0.2, 0) is 6.54 Å². The lowest BCUT2D eigenvalue weighted by Crippen LogP contribution is -2.34. The molecule has 0 heterocycles. The Labute approximate surface area is 118 Å². The van der Waals surface area contributed by atoms with Crippen LogP contribution >= 0.6 is 0 Å². The third-order valence-corrected chi connectivity index (χ3v) is 3.34. The molecule has 108 valence electrons. The number of benzene rings is 1. The van der Waals surface area contributed by atoms with Gasteiger partial charge in [-0.2, -0.15) is 0 Å². The monoisotopic (exact) mass is 264 g/mol. The second kappa shape index (κ2) is 8.94. The van der Waals surface area contributed by atoms with Gasteiger partial charge in [-0.1, -0.05) is 31.5 Å². The van der Waals surface area contributed by atoms with E-state index in [4.69, 9.17) is 4.74 Å². The van der Waals surface area contributed by atoms with Crippen molar-refractivity contribution < 1.29 is 4.74 Å². The number of methoxy groups -OCH3 is 1. The van der Waals surface area contributed by atoms with E-state index in [2.05, 4.69) is 43.2 Å². The van der Waals surface area contributed by atoms with Gasteiger partial charge in [0.2, 0.25) is 0 Å². The molecular weight excluding hydrogens is 236 g/mol. The van der Waals surface area contributed by atoms with Gasteiger partial charge in [-0.15, -0.1) is 0 Å². The maximum Gasteiger partial charge on any atom is 0.123 e. The first-order chi connectivity index (χ1) is 9.17. The van der Waals surface area contributed by atoms with Crippen molar-refractivity contribution in [3.05, 3.63) is 29.8 Å². The van der Waals surface area contributed by atoms with Crippen LogP contribution in [-0.4, -0.2) is 38.2 Å². The number of hydrogen-bond donors (Lipinski definition) is 1. The molecule has 0 saturated carbocycles. The van der Waals surface area contributed by atoms with E-state index in [1.807, 2.05) is 12.1 Å². The summed E-state index contributed by atoms with van der Waals surface area (Å²) in [4.78, 5) is 2.32. The molecule has 1 unspecified atom stereocenters. The van der Waals surface area contributed by atoms with Crippen LogP contribution in [0.1, 0.15) is 32.3 Å². The minimum absolute atomic E-state index is 0.615. The molecule has 1 atom stereocenters. The molecule has 1 aromatic rings. The Morgan fingerprint density at radius 1 is 1.32 bits per heavy atom. The van der Waals surface area contributed by atoms with E-state index in [1.54, 1.807) is 7.11 Å². The van der Waals surface area contributed by atoms with Crippen molar-refractivity contribution in [2.45, 2.75) is 39.3 Å². The lowest BCUT2D eigenvalue weighted by Gasteiger charge is -2.20. The summed E-state index contributed by atoms with van der Waals surface area (Å²) in [6.07, 6.45) is 2.49. The van der Waals surface area contributed by atoms with Crippen molar-refractivity contribution in [1.29, 1.82) is 0 Å². The smallest absolute Gasteiger partial charge is 0.123 e. The van der Waals surface area contributed by atoms with Crippen LogP contribution in [0.5, 0.6) is 5.75 Å². The number of hydrogen-bond acceptors (Lipinski definition) is 3. The van der Waals surface area contributed by atoms with Crippen molar-refractivity contribution in [1.82, 2.24) is 10.2 Å². The minimum atomic E-state index is 0.615. The van der Waals surface area contributed by atoms with Crippen LogP contribution in [0.4, 0.5) is 0 Å². The van der Waals surface area contributed by atoms with E-state index in [0.29, 0.717) is 6.04 Å². The molecule has 1 aromatic carbocycles. The van der Waals surface area contributed by atoms with Crippen molar-refractivity contribution in [2.75, 3.05) is 27.2 Å². The van der Waals surface area contributed by atoms with Crippen LogP contribution < -0.4 is 10.1 Å². The molecule has 0 saturated heterocycles. The Morgan fingerprint density at radius 2 is 2.05 bits per heavy atom. The van der Waals surface area contributed by atoms with E-state index in [9.17, 15) is 0 Å². The third-order valence-electron chi connectivity index (χ3n) is 3.34. The van der Waals surface area contributed by atoms with Gasteiger partial charge in [-0.3, -0.25) is 0 Å². The summed E-state index contributed by atoms with van der Waals surface area (Å²) in [7, 11) is 3.88. The molecule has 0 radical (unpaired) electrons. The van der Waals surface area contributed by atoms with Gasteiger partial charge in [-0.25, -0.2) is 0 Å². The predicted octanol–water partition coefficient (Wildman–Crippen LogP) is 2.91. The van der Waals surface area contributed by atoms with Crippen LogP contribution in [0.2, 0.25) is 0 Å². The normalized spacial score (nSPS) is 12.7. The Balaban J connectivity index is 2.32. The summed E-state index contributed by atoms with van der Waals surface area (Å²) in [5.74, 6) is 0.974. The standard InChI is InChI=1S/C16H28N2O/c1-5-8-14(2)17-11-12-18(3)13-15-9-6-7-10-16(15)19-4/h6-7,9-10,14,17H,5,8,11-13H2,1-4H3. The van der Waals surface area contributed by atoms with E-state index < -0.39 is 0 Å². The molecule has 0 aliphatic rings. The van der Waals surface area contributed by atoms with Gasteiger partial charge in [0.25, 0.3) is 0 Å². The quantitative estimate of drug-likeness (QED) is 0.742. The molecule has 0 aromatic heterocycles. The molecule has 0 aliphatic carbocycles. The van der Waals surface area contributed by atoms with Gasteiger partial charge >= 0.3 is 0 Å². The van der Waals surface area contributed by atoms with E-state index in [1.165, 1.54) is 18.4 Å². The van der Waals surface area contributed by atoms with Gasteiger partial charge in [0, 0.05) is 31.2 Å². The summed E-state index contributed by atoms with van der Waals surface area (Å²) >= 11 is 0. The second-order valence-corrected chi connectivity index (χ2v) is 5.19. The molecule has 19 heavy (non-hydrogen) atoms. The maximum absolute atomic E-state index is 5.38. The highest BCUT2D eigenvalue weighted by Crippen LogP contribution is 2.18. The van der Waals surface area contributed by atoms with Gasteiger partial charge in [0.1, 0.15) is 5.75 Å². The van der Waals surface area contributed by atoms with E-state index in [-0.39, 0.29) is 0 Å². The first-order valence-corrected chi connectivity index (χ1v) is 7.21. The molecule has 0 bridgehead atoms. The van der Waals surface area contributed by atoms with Crippen molar-refractivity contribution >= 4 is 0 Å². The topological polar surface area (TPSA) is 24.5 Å². The van der Waals surface area contributed by atoms with Gasteiger partial charge in [0.05, 0.1) is 7.11 Å². The fourth-order valence-corrected chi connectivity index (χ4v) is 2.24. The molecule has 3 heteroatoms.